The van der Waals surface area contributed by atoms with E-state index >= 15 is 0 Å². The molecule has 0 bridgehead atoms. The van der Waals surface area contributed by atoms with Crippen molar-refractivity contribution in [2.24, 2.45) is 11.8 Å². The summed E-state index contributed by atoms with van der Waals surface area (Å²) < 4.78 is 39.0. The molecule has 1 fully saturated rings. The van der Waals surface area contributed by atoms with Gasteiger partial charge in [0.15, 0.2) is 0 Å². The van der Waals surface area contributed by atoms with Crippen LogP contribution in [0.4, 0.5) is 13.2 Å². The first kappa shape index (κ1) is 27.6. The summed E-state index contributed by atoms with van der Waals surface area (Å²) in [6.45, 7) is 2.32. The summed E-state index contributed by atoms with van der Waals surface area (Å²) in [7, 11) is 0. The average Bonchev–Trinajstić information content (AvgIpc) is 2.92. The third-order valence-corrected chi connectivity index (χ3v) is 9.24. The van der Waals surface area contributed by atoms with E-state index in [1.54, 1.807) is 6.20 Å². The molecule has 1 aromatic heterocycles. The minimum Gasteiger partial charge on any atom is -0.390 e. The van der Waals surface area contributed by atoms with E-state index in [1.807, 2.05) is 31.2 Å². The molecule has 39 heavy (non-hydrogen) atoms. The molecule has 0 aliphatic heterocycles. The SMILES string of the molecule is Cc1ncccc1CNC(=O)c1ccc2c(c1)CC[C@@H]1C[C@@](O)(CCC(F)(F)F)CC[C@@]21C[C@H]1C=CC=CC1. The summed E-state index contributed by atoms with van der Waals surface area (Å²) in [4.78, 5) is 17.3. The highest BCUT2D eigenvalue weighted by atomic mass is 19.4. The molecule has 0 saturated heterocycles. The van der Waals surface area contributed by atoms with Crippen LogP contribution in [-0.2, 0) is 18.4 Å². The Hall–Kier alpha value is -2.93. The monoisotopic (exact) mass is 538 g/mol. The molecule has 4 nitrogen and oxygen atoms in total. The fraction of sp³-hybridized carbons (Fsp3) is 0.500. The molecule has 3 aliphatic rings. The summed E-state index contributed by atoms with van der Waals surface area (Å²) in [6, 6.07) is 9.77. The molecule has 1 amide bonds. The Kier molecular flexibility index (Phi) is 7.73. The highest BCUT2D eigenvalue weighted by molar-refractivity contribution is 5.94. The number of hydrogen-bond acceptors (Lipinski definition) is 3. The quantitative estimate of drug-likeness (QED) is 0.403. The van der Waals surface area contributed by atoms with Crippen molar-refractivity contribution in [1.29, 1.82) is 0 Å². The number of benzene rings is 1. The lowest BCUT2D eigenvalue weighted by Gasteiger charge is -2.54. The Labute approximate surface area is 228 Å². The lowest BCUT2D eigenvalue weighted by molar-refractivity contribution is -0.154. The molecule has 4 atom stereocenters. The lowest BCUT2D eigenvalue weighted by atomic mass is 9.51. The molecule has 0 spiro atoms. The molecule has 208 valence electrons. The number of hydrogen-bond donors (Lipinski definition) is 2. The molecule has 7 heteroatoms. The van der Waals surface area contributed by atoms with Gasteiger partial charge in [-0.05, 0) is 110 Å². The second-order valence-corrected chi connectivity index (χ2v) is 11.8. The van der Waals surface area contributed by atoms with Crippen LogP contribution in [0.3, 0.4) is 0 Å². The van der Waals surface area contributed by atoms with Crippen LogP contribution in [0.25, 0.3) is 0 Å². The number of aryl methyl sites for hydroxylation is 2. The molecule has 1 saturated carbocycles. The maximum atomic E-state index is 13.1. The van der Waals surface area contributed by atoms with Crippen molar-refractivity contribution in [3.8, 4) is 0 Å². The van der Waals surface area contributed by atoms with Crippen molar-refractivity contribution in [2.75, 3.05) is 0 Å². The zero-order valence-electron chi connectivity index (χ0n) is 22.4. The zero-order chi connectivity index (χ0) is 27.7. The van der Waals surface area contributed by atoms with E-state index in [2.05, 4.69) is 40.7 Å². The van der Waals surface area contributed by atoms with Crippen LogP contribution in [0.1, 0.15) is 84.1 Å². The second kappa shape index (κ2) is 10.9. The van der Waals surface area contributed by atoms with Gasteiger partial charge in [0.2, 0.25) is 0 Å². The first-order valence-corrected chi connectivity index (χ1v) is 14.0. The van der Waals surface area contributed by atoms with Crippen LogP contribution in [0.15, 0.2) is 60.8 Å². The molecule has 1 aromatic carbocycles. The number of aliphatic hydroxyl groups is 1. The van der Waals surface area contributed by atoms with Crippen molar-refractivity contribution >= 4 is 5.91 Å². The van der Waals surface area contributed by atoms with Crippen molar-refractivity contribution in [1.82, 2.24) is 10.3 Å². The average molecular weight is 539 g/mol. The second-order valence-electron chi connectivity index (χ2n) is 11.8. The van der Waals surface area contributed by atoms with Gasteiger partial charge in [0.05, 0.1) is 5.60 Å². The van der Waals surface area contributed by atoms with E-state index in [9.17, 15) is 23.1 Å². The van der Waals surface area contributed by atoms with Crippen LogP contribution < -0.4 is 5.32 Å². The number of aromatic nitrogens is 1. The summed E-state index contributed by atoms with van der Waals surface area (Å²) in [5.41, 5.74) is 3.32. The summed E-state index contributed by atoms with van der Waals surface area (Å²) in [5, 5.41) is 14.3. The van der Waals surface area contributed by atoms with E-state index in [4.69, 9.17) is 0 Å². The van der Waals surface area contributed by atoms with Gasteiger partial charge in [0.25, 0.3) is 5.91 Å². The van der Waals surface area contributed by atoms with Crippen molar-refractivity contribution in [3.63, 3.8) is 0 Å². The molecule has 1 heterocycles. The topological polar surface area (TPSA) is 62.2 Å². The number of rotatable bonds is 7. The van der Waals surface area contributed by atoms with Crippen molar-refractivity contribution in [3.05, 3.63) is 88.8 Å². The first-order valence-electron chi connectivity index (χ1n) is 14.0. The normalized spacial score (nSPS) is 28.0. The van der Waals surface area contributed by atoms with Crippen LogP contribution in [0.2, 0.25) is 0 Å². The number of nitrogens with zero attached hydrogens (tertiary/aromatic N) is 1. The predicted octanol–water partition coefficient (Wildman–Crippen LogP) is 6.90. The zero-order valence-corrected chi connectivity index (χ0v) is 22.4. The van der Waals surface area contributed by atoms with Gasteiger partial charge in [-0.3, -0.25) is 9.78 Å². The van der Waals surface area contributed by atoms with Crippen LogP contribution in [-0.4, -0.2) is 27.8 Å². The minimum absolute atomic E-state index is 0.101. The highest BCUT2D eigenvalue weighted by Gasteiger charge is 2.52. The largest absolute Gasteiger partial charge is 0.390 e. The number of pyridine rings is 1. The van der Waals surface area contributed by atoms with Gasteiger partial charge in [0.1, 0.15) is 0 Å². The molecular weight excluding hydrogens is 501 g/mol. The van der Waals surface area contributed by atoms with Gasteiger partial charge in [-0.2, -0.15) is 13.2 Å². The van der Waals surface area contributed by atoms with E-state index < -0.39 is 18.2 Å². The number of halogens is 3. The maximum absolute atomic E-state index is 13.1. The van der Waals surface area contributed by atoms with Crippen LogP contribution >= 0.6 is 0 Å². The summed E-state index contributed by atoms with van der Waals surface area (Å²) in [6.07, 6.45) is 9.58. The number of carbonyl (C=O) groups is 1. The van der Waals surface area contributed by atoms with E-state index in [0.29, 0.717) is 37.3 Å². The Morgan fingerprint density at radius 2 is 2.05 bits per heavy atom. The van der Waals surface area contributed by atoms with Gasteiger partial charge in [-0.1, -0.05) is 36.4 Å². The van der Waals surface area contributed by atoms with Crippen LogP contribution in [0, 0.1) is 18.8 Å². The van der Waals surface area contributed by atoms with Crippen molar-refractivity contribution in [2.45, 2.75) is 88.4 Å². The standard InChI is InChI=1S/C32H37F3N2O2/c1-22-26(8-5-17-36-22)21-37-29(38)25-10-12-28-24(18-25)9-11-27-20-30(39,14-16-32(33,34)35)13-15-31(27,28)19-23-6-3-2-4-7-23/h2-6,8,10,12,17-18,23,27,39H,7,9,11,13-16,19-21H2,1H3,(H,37,38)/t23-,27+,30-,31-/m0/s1. The number of allylic oxidation sites excluding steroid dienone is 4. The van der Waals surface area contributed by atoms with Crippen molar-refractivity contribution < 1.29 is 23.1 Å². The maximum Gasteiger partial charge on any atom is 0.389 e. The molecule has 2 N–H and O–H groups in total. The Balaban J connectivity index is 1.39. The smallest absolute Gasteiger partial charge is 0.389 e. The Morgan fingerprint density at radius 3 is 2.79 bits per heavy atom. The molecule has 0 radical (unpaired) electrons. The summed E-state index contributed by atoms with van der Waals surface area (Å²) >= 11 is 0. The Bertz CT molecular complexity index is 1270. The fourth-order valence-corrected chi connectivity index (χ4v) is 7.12. The predicted molar refractivity (Wildman–Crippen MR) is 145 cm³/mol. The summed E-state index contributed by atoms with van der Waals surface area (Å²) in [5.74, 6) is 0.308. The highest BCUT2D eigenvalue weighted by Crippen LogP contribution is 2.57. The minimum atomic E-state index is -4.27. The number of carbonyl (C=O) groups excluding carboxylic acids is 1. The number of fused-ring (bicyclic) bond motifs is 3. The first-order chi connectivity index (χ1) is 18.6. The Morgan fingerprint density at radius 1 is 1.21 bits per heavy atom. The third kappa shape index (κ3) is 6.13. The number of amides is 1. The third-order valence-electron chi connectivity index (χ3n) is 9.24. The van der Waals surface area contributed by atoms with Crippen LogP contribution in [0.5, 0.6) is 0 Å². The lowest BCUT2D eigenvalue weighted by Crippen LogP contribution is -2.51. The number of alkyl halides is 3. The molecule has 3 aliphatic carbocycles. The van der Waals surface area contributed by atoms with Gasteiger partial charge in [-0.25, -0.2) is 0 Å². The van der Waals surface area contributed by atoms with E-state index in [-0.39, 0.29) is 23.7 Å². The van der Waals surface area contributed by atoms with Gasteiger partial charge in [0, 0.05) is 30.4 Å². The van der Waals surface area contributed by atoms with Gasteiger partial charge < -0.3 is 10.4 Å². The molecule has 0 unspecified atom stereocenters. The van der Waals surface area contributed by atoms with Gasteiger partial charge in [-0.15, -0.1) is 0 Å². The van der Waals surface area contributed by atoms with E-state index in [0.717, 1.165) is 42.5 Å². The van der Waals surface area contributed by atoms with E-state index in [1.165, 1.54) is 5.56 Å². The number of nitrogens with one attached hydrogen (secondary N) is 1. The molecule has 2 aromatic rings. The fourth-order valence-electron chi connectivity index (χ4n) is 7.12. The molecule has 5 rings (SSSR count). The molecular formula is C32H37F3N2O2. The van der Waals surface area contributed by atoms with Gasteiger partial charge >= 0.3 is 6.18 Å².